The Bertz CT molecular complexity index is 1030. The first-order chi connectivity index (χ1) is 13.1. The molecule has 1 aromatic heterocycles. The zero-order valence-corrected chi connectivity index (χ0v) is 14.8. The minimum absolute atomic E-state index is 0.169. The van der Waals surface area contributed by atoms with Gasteiger partial charge in [-0.15, -0.1) is 10.2 Å². The number of allylic oxidation sites excluding steroid dienone is 1. The van der Waals surface area contributed by atoms with Crippen molar-refractivity contribution in [1.82, 2.24) is 20.6 Å². The summed E-state index contributed by atoms with van der Waals surface area (Å²) in [6.45, 7) is 3.91. The fourth-order valence-corrected chi connectivity index (χ4v) is 2.44. The van der Waals surface area contributed by atoms with Crippen LogP contribution in [0.25, 0.3) is 5.57 Å². The second-order valence-electron chi connectivity index (χ2n) is 5.87. The van der Waals surface area contributed by atoms with Crippen molar-refractivity contribution in [2.45, 2.75) is 13.8 Å². The van der Waals surface area contributed by atoms with Crippen LogP contribution in [0.4, 0.5) is 11.4 Å². The smallest absolute Gasteiger partial charge is 0.257 e. The van der Waals surface area contributed by atoms with E-state index in [1.54, 1.807) is 24.3 Å². The van der Waals surface area contributed by atoms with Gasteiger partial charge in [0.25, 0.3) is 5.91 Å². The van der Waals surface area contributed by atoms with Gasteiger partial charge in [0.15, 0.2) is 0 Å². The maximum absolute atomic E-state index is 12.8. The number of para-hydroxylation sites is 1. The number of hydrogen-bond donors (Lipinski definition) is 3. The zero-order valence-electron chi connectivity index (χ0n) is 14.8. The molecule has 8 nitrogen and oxygen atoms in total. The molecule has 27 heavy (non-hydrogen) atoms. The number of amides is 1. The van der Waals surface area contributed by atoms with Gasteiger partial charge in [0.05, 0.1) is 11.3 Å². The van der Waals surface area contributed by atoms with Crippen molar-refractivity contribution in [3.05, 3.63) is 71.2 Å². The number of aromatic amines is 1. The van der Waals surface area contributed by atoms with Crippen LogP contribution in [0.3, 0.4) is 0 Å². The molecule has 0 radical (unpaired) electrons. The highest BCUT2D eigenvalue weighted by Crippen LogP contribution is 2.21. The number of carbonyl (C=O) groups excluding carboxylic acids is 1. The first-order valence-corrected chi connectivity index (χ1v) is 8.16. The second-order valence-corrected chi connectivity index (χ2v) is 5.87. The minimum atomic E-state index is -0.252. The van der Waals surface area contributed by atoms with E-state index in [2.05, 4.69) is 31.3 Å². The van der Waals surface area contributed by atoms with Crippen molar-refractivity contribution in [2.24, 2.45) is 0 Å². The molecule has 1 heterocycles. The molecule has 0 unspecified atom stereocenters. The molecule has 1 amide bonds. The molecular formula is C19H17N7O. The average molecular weight is 359 g/mol. The molecule has 0 saturated carbocycles. The summed E-state index contributed by atoms with van der Waals surface area (Å²) < 4.78 is 0. The van der Waals surface area contributed by atoms with Gasteiger partial charge in [-0.3, -0.25) is 4.79 Å². The van der Waals surface area contributed by atoms with E-state index in [0.29, 0.717) is 11.3 Å². The van der Waals surface area contributed by atoms with Gasteiger partial charge >= 0.3 is 0 Å². The Labute approximate surface area is 155 Å². The lowest BCUT2D eigenvalue weighted by Crippen LogP contribution is -2.14. The molecule has 0 fully saturated rings. The fourth-order valence-electron chi connectivity index (χ4n) is 2.44. The number of rotatable bonds is 5. The van der Waals surface area contributed by atoms with Crippen LogP contribution in [0.2, 0.25) is 0 Å². The third kappa shape index (κ3) is 4.16. The molecule has 134 valence electrons. The van der Waals surface area contributed by atoms with Crippen LogP contribution in [-0.4, -0.2) is 26.5 Å². The lowest BCUT2D eigenvalue weighted by atomic mass is 10.1. The lowest BCUT2D eigenvalue weighted by molar-refractivity contribution is 0.102. The average Bonchev–Trinajstić information content (AvgIpc) is 3.20. The molecule has 0 bridgehead atoms. The van der Waals surface area contributed by atoms with E-state index in [4.69, 9.17) is 0 Å². The van der Waals surface area contributed by atoms with Gasteiger partial charge < -0.3 is 10.6 Å². The molecule has 0 atom stereocenters. The van der Waals surface area contributed by atoms with Gasteiger partial charge in [0, 0.05) is 11.9 Å². The Morgan fingerprint density at radius 2 is 2.00 bits per heavy atom. The highest BCUT2D eigenvalue weighted by Gasteiger charge is 2.13. The van der Waals surface area contributed by atoms with Gasteiger partial charge in [-0.25, -0.2) is 0 Å². The Morgan fingerprint density at radius 1 is 1.19 bits per heavy atom. The van der Waals surface area contributed by atoms with Crippen LogP contribution in [0, 0.1) is 25.2 Å². The Hall–Kier alpha value is -3.99. The maximum atomic E-state index is 12.8. The number of nitriles is 1. The first-order valence-electron chi connectivity index (χ1n) is 8.16. The largest absolute Gasteiger partial charge is 0.360 e. The van der Waals surface area contributed by atoms with Crippen LogP contribution >= 0.6 is 0 Å². The van der Waals surface area contributed by atoms with E-state index in [-0.39, 0.29) is 17.3 Å². The molecule has 0 spiro atoms. The van der Waals surface area contributed by atoms with Crippen LogP contribution in [-0.2, 0) is 0 Å². The van der Waals surface area contributed by atoms with E-state index in [0.717, 1.165) is 16.8 Å². The Morgan fingerprint density at radius 3 is 2.74 bits per heavy atom. The molecular weight excluding hydrogens is 342 g/mol. The molecule has 2 aromatic carbocycles. The summed E-state index contributed by atoms with van der Waals surface area (Å²) in [7, 11) is 0. The molecule has 0 aliphatic carbocycles. The molecule has 3 N–H and O–H groups in total. The number of benzene rings is 2. The number of H-pyrrole nitrogens is 1. The van der Waals surface area contributed by atoms with Gasteiger partial charge in [0.1, 0.15) is 11.6 Å². The lowest BCUT2D eigenvalue weighted by Gasteiger charge is -2.12. The van der Waals surface area contributed by atoms with Gasteiger partial charge in [0.2, 0.25) is 5.82 Å². The molecule has 3 aromatic rings. The van der Waals surface area contributed by atoms with Gasteiger partial charge in [-0.1, -0.05) is 24.3 Å². The third-order valence-corrected chi connectivity index (χ3v) is 3.89. The topological polar surface area (TPSA) is 119 Å². The number of nitrogens with zero attached hydrogens (tertiary/aromatic N) is 4. The molecule has 3 rings (SSSR count). The van der Waals surface area contributed by atoms with Gasteiger partial charge in [-0.05, 0) is 48.4 Å². The van der Waals surface area contributed by atoms with Crippen molar-refractivity contribution in [3.8, 4) is 6.07 Å². The number of hydrogen-bond acceptors (Lipinski definition) is 6. The third-order valence-electron chi connectivity index (χ3n) is 3.89. The maximum Gasteiger partial charge on any atom is 0.257 e. The number of aryl methyl sites for hydroxylation is 2. The first kappa shape index (κ1) is 17.8. The van der Waals surface area contributed by atoms with E-state index >= 15 is 0 Å². The molecule has 0 aliphatic rings. The van der Waals surface area contributed by atoms with E-state index < -0.39 is 0 Å². The number of carbonyl (C=O) groups is 1. The van der Waals surface area contributed by atoms with Crippen molar-refractivity contribution >= 4 is 22.9 Å². The normalized spacial score (nSPS) is 10.9. The molecule has 8 heteroatoms. The van der Waals surface area contributed by atoms with Gasteiger partial charge in [-0.2, -0.15) is 10.5 Å². The number of aromatic nitrogens is 4. The summed E-state index contributed by atoms with van der Waals surface area (Å²) in [5.41, 5.74) is 3.98. The van der Waals surface area contributed by atoms with Crippen LogP contribution < -0.4 is 10.6 Å². The summed E-state index contributed by atoms with van der Waals surface area (Å²) in [5.74, 6) is -0.0828. The van der Waals surface area contributed by atoms with E-state index in [9.17, 15) is 10.1 Å². The standard InChI is InChI=1S/C19H17N7O/c1-12-7-8-13(2)17(9-12)22-19(27)15-5-3-4-6-16(15)21-11-14(10-20)18-23-25-26-24-18/h3-9,11,21H,1-2H3,(H,22,27)(H,23,24,25,26). The van der Waals surface area contributed by atoms with E-state index in [1.165, 1.54) is 6.20 Å². The zero-order chi connectivity index (χ0) is 19.2. The number of anilines is 2. The summed E-state index contributed by atoms with van der Waals surface area (Å²) in [6.07, 6.45) is 1.44. The minimum Gasteiger partial charge on any atom is -0.360 e. The van der Waals surface area contributed by atoms with E-state index in [1.807, 2.05) is 38.1 Å². The number of nitrogens with one attached hydrogen (secondary N) is 3. The predicted molar refractivity (Wildman–Crippen MR) is 102 cm³/mol. The summed E-state index contributed by atoms with van der Waals surface area (Å²) in [5, 5.41) is 28.4. The van der Waals surface area contributed by atoms with Crippen molar-refractivity contribution in [1.29, 1.82) is 5.26 Å². The predicted octanol–water partition coefficient (Wildman–Crippen LogP) is 3.05. The number of tetrazole rings is 1. The second kappa shape index (κ2) is 7.93. The molecule has 0 aliphatic heterocycles. The quantitative estimate of drug-likeness (QED) is 0.602. The Balaban J connectivity index is 1.84. The summed E-state index contributed by atoms with van der Waals surface area (Å²) in [6, 6.07) is 14.9. The highest BCUT2D eigenvalue weighted by atomic mass is 16.1. The summed E-state index contributed by atoms with van der Waals surface area (Å²) >= 11 is 0. The molecule has 0 saturated heterocycles. The monoisotopic (exact) mass is 359 g/mol. The van der Waals surface area contributed by atoms with Crippen LogP contribution in [0.5, 0.6) is 0 Å². The Kier molecular flexibility index (Phi) is 5.23. The fraction of sp³-hybridized carbons (Fsp3) is 0.105. The van der Waals surface area contributed by atoms with Crippen molar-refractivity contribution < 1.29 is 4.79 Å². The SMILES string of the molecule is Cc1ccc(C)c(NC(=O)c2ccccc2NC=C(C#N)c2nn[nH]n2)c1. The van der Waals surface area contributed by atoms with Crippen LogP contribution in [0.1, 0.15) is 27.3 Å². The van der Waals surface area contributed by atoms with Crippen LogP contribution in [0.15, 0.2) is 48.7 Å². The summed E-state index contributed by atoms with van der Waals surface area (Å²) in [4.78, 5) is 12.8. The van der Waals surface area contributed by atoms with Crippen molar-refractivity contribution in [2.75, 3.05) is 10.6 Å². The van der Waals surface area contributed by atoms with Crippen molar-refractivity contribution in [3.63, 3.8) is 0 Å². The highest BCUT2D eigenvalue weighted by molar-refractivity contribution is 6.08.